The lowest BCUT2D eigenvalue weighted by Gasteiger charge is -2.13. The summed E-state index contributed by atoms with van der Waals surface area (Å²) in [5.41, 5.74) is 1.78. The number of nitrogens with zero attached hydrogens (tertiary/aromatic N) is 3. The number of aryl methyl sites for hydroxylation is 2. The number of aromatic nitrogens is 2. The fraction of sp³-hybridized carbons (Fsp3) is 0.174. The van der Waals surface area contributed by atoms with Crippen LogP contribution in [0.15, 0.2) is 52.3 Å². The monoisotopic (exact) mass is 481 g/mol. The fourth-order valence-corrected chi connectivity index (χ4v) is 4.59. The lowest BCUT2D eigenvalue weighted by Crippen LogP contribution is -2.30. The molecule has 0 unspecified atom stereocenters. The van der Waals surface area contributed by atoms with Crippen LogP contribution in [-0.2, 0) is 9.59 Å². The van der Waals surface area contributed by atoms with Gasteiger partial charge in [0, 0.05) is 12.7 Å². The highest BCUT2D eigenvalue weighted by molar-refractivity contribution is 8.26. The van der Waals surface area contributed by atoms with E-state index in [4.69, 9.17) is 22.1 Å². The number of para-hydroxylation sites is 1. The topological polar surface area (TPSA) is 101 Å². The maximum absolute atomic E-state index is 13.4. The third-order valence-corrected chi connectivity index (χ3v) is 6.43. The van der Waals surface area contributed by atoms with E-state index < -0.39 is 17.4 Å². The van der Waals surface area contributed by atoms with Crippen molar-refractivity contribution < 1.29 is 19.4 Å². The molecule has 8 nitrogen and oxygen atoms in total. The smallest absolute Gasteiger partial charge is 0.305 e. The minimum absolute atomic E-state index is 0.0436. The molecular weight excluding hydrogens is 462 g/mol. The molecular formula is C23H19N3O5S2. The van der Waals surface area contributed by atoms with Crippen molar-refractivity contribution in [3.8, 4) is 11.6 Å². The molecule has 1 aliphatic heterocycles. The molecule has 0 atom stereocenters. The second-order valence-electron chi connectivity index (χ2n) is 7.37. The van der Waals surface area contributed by atoms with Gasteiger partial charge in [-0.3, -0.25) is 23.7 Å². The molecule has 1 N–H and O–H groups in total. The van der Waals surface area contributed by atoms with E-state index in [0.29, 0.717) is 11.4 Å². The first kappa shape index (κ1) is 22.7. The fourth-order valence-electron chi connectivity index (χ4n) is 3.30. The second-order valence-corrected chi connectivity index (χ2v) is 9.04. The number of carboxylic acids is 1. The Bertz CT molecular complexity index is 1400. The molecule has 3 heterocycles. The number of benzene rings is 1. The Morgan fingerprint density at radius 3 is 2.64 bits per heavy atom. The van der Waals surface area contributed by atoms with Gasteiger partial charge in [0.15, 0.2) is 0 Å². The van der Waals surface area contributed by atoms with Crippen molar-refractivity contribution >= 4 is 51.9 Å². The van der Waals surface area contributed by atoms with Crippen LogP contribution < -0.4 is 10.3 Å². The normalized spacial score (nSPS) is 15.0. The van der Waals surface area contributed by atoms with Crippen LogP contribution >= 0.6 is 24.0 Å². The number of thioether (sulfide) groups is 1. The van der Waals surface area contributed by atoms with Crippen LogP contribution in [0.3, 0.4) is 0 Å². The number of amides is 1. The van der Waals surface area contributed by atoms with E-state index in [1.807, 2.05) is 38.1 Å². The van der Waals surface area contributed by atoms with E-state index in [0.717, 1.165) is 22.9 Å². The number of ether oxygens (including phenoxy) is 1. The summed E-state index contributed by atoms with van der Waals surface area (Å²) >= 11 is 6.26. The molecule has 168 valence electrons. The van der Waals surface area contributed by atoms with Crippen molar-refractivity contribution in [3.63, 3.8) is 0 Å². The maximum atomic E-state index is 13.4. The molecule has 0 radical (unpaired) electrons. The number of carbonyl (C=O) groups excluding carboxylic acids is 1. The molecule has 1 aliphatic rings. The zero-order valence-electron chi connectivity index (χ0n) is 17.8. The zero-order chi connectivity index (χ0) is 23.7. The van der Waals surface area contributed by atoms with Gasteiger partial charge in [-0.1, -0.05) is 48.2 Å². The highest BCUT2D eigenvalue weighted by atomic mass is 32.2. The van der Waals surface area contributed by atoms with E-state index >= 15 is 0 Å². The van der Waals surface area contributed by atoms with E-state index in [1.54, 1.807) is 18.3 Å². The Kier molecular flexibility index (Phi) is 6.30. The molecule has 0 saturated carbocycles. The molecule has 1 amide bonds. The van der Waals surface area contributed by atoms with Crippen molar-refractivity contribution in [2.45, 2.75) is 20.3 Å². The minimum atomic E-state index is -1.03. The van der Waals surface area contributed by atoms with Crippen molar-refractivity contribution in [3.05, 3.63) is 74.5 Å². The number of carbonyl (C=O) groups is 2. The van der Waals surface area contributed by atoms with Crippen LogP contribution in [0.2, 0.25) is 0 Å². The summed E-state index contributed by atoms with van der Waals surface area (Å²) in [4.78, 5) is 43.2. The van der Waals surface area contributed by atoms with Gasteiger partial charge >= 0.3 is 5.97 Å². The highest BCUT2D eigenvalue weighted by Gasteiger charge is 2.33. The Morgan fingerprint density at radius 1 is 1.18 bits per heavy atom. The largest absolute Gasteiger partial charge is 0.481 e. The summed E-state index contributed by atoms with van der Waals surface area (Å²) in [7, 11) is 0. The van der Waals surface area contributed by atoms with Gasteiger partial charge in [-0.25, -0.2) is 0 Å². The van der Waals surface area contributed by atoms with E-state index in [9.17, 15) is 14.4 Å². The maximum Gasteiger partial charge on any atom is 0.305 e. The van der Waals surface area contributed by atoms with E-state index in [-0.39, 0.29) is 33.6 Å². The summed E-state index contributed by atoms with van der Waals surface area (Å²) in [6.07, 6.45) is 2.78. The molecule has 0 aliphatic carbocycles. The van der Waals surface area contributed by atoms with Gasteiger partial charge in [0.2, 0.25) is 5.88 Å². The molecule has 0 spiro atoms. The van der Waals surface area contributed by atoms with Crippen LogP contribution in [0.1, 0.15) is 23.1 Å². The predicted molar refractivity (Wildman–Crippen MR) is 130 cm³/mol. The molecule has 1 aromatic carbocycles. The minimum Gasteiger partial charge on any atom is -0.481 e. The van der Waals surface area contributed by atoms with Crippen LogP contribution in [0.4, 0.5) is 0 Å². The summed E-state index contributed by atoms with van der Waals surface area (Å²) in [6, 6.07) is 10.9. The van der Waals surface area contributed by atoms with Crippen LogP contribution in [-0.4, -0.2) is 42.1 Å². The predicted octanol–water partition coefficient (Wildman–Crippen LogP) is 3.78. The second kappa shape index (κ2) is 9.16. The Labute approximate surface area is 198 Å². The molecule has 1 saturated heterocycles. The molecule has 4 rings (SSSR count). The first-order valence-electron chi connectivity index (χ1n) is 9.99. The molecule has 2 aromatic heterocycles. The average Bonchev–Trinajstić information content (AvgIpc) is 3.04. The van der Waals surface area contributed by atoms with Gasteiger partial charge < -0.3 is 9.84 Å². The average molecular weight is 482 g/mol. The molecule has 1 fully saturated rings. The summed E-state index contributed by atoms with van der Waals surface area (Å²) < 4.78 is 7.68. The lowest BCUT2D eigenvalue weighted by atomic mass is 10.2. The standard InChI is InChI=1S/C23H19N3O5S2/c1-13-6-3-4-8-16(13)31-20-15(21(29)25-10-5-7-14(2)19(25)24-20)12-17-22(30)26(23(32)33-17)11-9-18(27)28/h3-8,10,12H,9,11H2,1-2H3,(H,27,28)/b17-12+. The Balaban J connectivity index is 1.84. The summed E-state index contributed by atoms with van der Waals surface area (Å²) in [5.74, 6) is -0.887. The Hall–Kier alpha value is -3.50. The van der Waals surface area contributed by atoms with Gasteiger partial charge in [-0.05, 0) is 43.2 Å². The molecule has 0 bridgehead atoms. The van der Waals surface area contributed by atoms with Gasteiger partial charge in [0.1, 0.15) is 21.3 Å². The van der Waals surface area contributed by atoms with Crippen LogP contribution in [0, 0.1) is 13.8 Å². The summed E-state index contributed by atoms with van der Waals surface area (Å²) in [5, 5.41) is 8.93. The quantitative estimate of drug-likeness (QED) is 0.419. The third-order valence-electron chi connectivity index (χ3n) is 5.05. The molecule has 10 heteroatoms. The Morgan fingerprint density at radius 2 is 1.91 bits per heavy atom. The molecule has 3 aromatic rings. The van der Waals surface area contributed by atoms with Gasteiger partial charge in [-0.2, -0.15) is 4.98 Å². The third kappa shape index (κ3) is 4.53. The first-order valence-corrected chi connectivity index (χ1v) is 11.2. The number of thiocarbonyl (C=S) groups is 1. The molecule has 33 heavy (non-hydrogen) atoms. The van der Waals surface area contributed by atoms with Crippen molar-refractivity contribution in [1.29, 1.82) is 0 Å². The van der Waals surface area contributed by atoms with E-state index in [2.05, 4.69) is 4.98 Å². The number of fused-ring (bicyclic) bond motifs is 1. The zero-order valence-corrected chi connectivity index (χ0v) is 19.4. The number of aliphatic carboxylic acids is 1. The van der Waals surface area contributed by atoms with Gasteiger partial charge in [0.25, 0.3) is 11.5 Å². The van der Waals surface area contributed by atoms with Crippen molar-refractivity contribution in [2.75, 3.05) is 6.54 Å². The number of rotatable bonds is 6. The summed E-state index contributed by atoms with van der Waals surface area (Å²) in [6.45, 7) is 3.67. The van der Waals surface area contributed by atoms with Crippen LogP contribution in [0.25, 0.3) is 11.7 Å². The number of carboxylic acid groups (broad SMARTS) is 1. The van der Waals surface area contributed by atoms with Crippen molar-refractivity contribution in [2.24, 2.45) is 0 Å². The number of hydrogen-bond donors (Lipinski definition) is 1. The highest BCUT2D eigenvalue weighted by Crippen LogP contribution is 2.34. The lowest BCUT2D eigenvalue weighted by molar-refractivity contribution is -0.137. The SMILES string of the molecule is Cc1ccccc1Oc1nc2c(C)cccn2c(=O)c1/C=C1/SC(=S)N(CCC(=O)O)C1=O. The number of hydrogen-bond acceptors (Lipinski definition) is 7. The van der Waals surface area contributed by atoms with Gasteiger partial charge in [0.05, 0.1) is 11.3 Å². The number of pyridine rings is 1. The van der Waals surface area contributed by atoms with Crippen molar-refractivity contribution in [1.82, 2.24) is 14.3 Å². The van der Waals surface area contributed by atoms with Crippen LogP contribution in [0.5, 0.6) is 11.6 Å². The first-order chi connectivity index (χ1) is 15.8. The van der Waals surface area contributed by atoms with Gasteiger partial charge in [-0.15, -0.1) is 0 Å². The van der Waals surface area contributed by atoms with E-state index in [1.165, 1.54) is 15.4 Å².